The summed E-state index contributed by atoms with van der Waals surface area (Å²) in [5.41, 5.74) is 0.695. The van der Waals surface area contributed by atoms with Crippen molar-refractivity contribution in [1.29, 1.82) is 0 Å². The summed E-state index contributed by atoms with van der Waals surface area (Å²) in [7, 11) is 0. The molecule has 0 bridgehead atoms. The van der Waals surface area contributed by atoms with Crippen LogP contribution >= 0.6 is 11.3 Å². The van der Waals surface area contributed by atoms with E-state index in [0.717, 1.165) is 75.3 Å². The minimum atomic E-state index is 0.0679. The molecule has 6 nitrogen and oxygen atoms in total. The zero-order valence-electron chi connectivity index (χ0n) is 17.7. The Bertz CT molecular complexity index is 903. The van der Waals surface area contributed by atoms with Gasteiger partial charge in [0.25, 0.3) is 5.91 Å². The Labute approximate surface area is 187 Å². The van der Waals surface area contributed by atoms with Crippen molar-refractivity contribution in [2.75, 3.05) is 19.6 Å². The second-order valence-corrected chi connectivity index (χ2v) is 9.75. The first-order valence-electron chi connectivity index (χ1n) is 11.4. The fourth-order valence-electron chi connectivity index (χ4n) is 4.65. The molecule has 3 heterocycles. The van der Waals surface area contributed by atoms with Crippen LogP contribution in [0.15, 0.2) is 35.8 Å². The van der Waals surface area contributed by atoms with E-state index in [2.05, 4.69) is 4.98 Å². The van der Waals surface area contributed by atoms with Gasteiger partial charge >= 0.3 is 0 Å². The lowest BCUT2D eigenvalue weighted by molar-refractivity contribution is -0.134. The molecule has 1 unspecified atom stereocenters. The van der Waals surface area contributed by atoms with Crippen molar-refractivity contribution in [3.63, 3.8) is 0 Å². The topological polar surface area (TPSA) is 62.7 Å². The van der Waals surface area contributed by atoms with Gasteiger partial charge in [-0.1, -0.05) is 0 Å². The van der Waals surface area contributed by atoms with E-state index in [1.165, 1.54) is 0 Å². The predicted octanol–water partition coefficient (Wildman–Crippen LogP) is 4.29. The van der Waals surface area contributed by atoms with Gasteiger partial charge in [-0.3, -0.25) is 9.59 Å². The van der Waals surface area contributed by atoms with Gasteiger partial charge in [-0.15, -0.1) is 11.3 Å². The summed E-state index contributed by atoms with van der Waals surface area (Å²) in [6, 6.07) is 7.63. The van der Waals surface area contributed by atoms with Crippen LogP contribution in [-0.4, -0.2) is 52.3 Å². The van der Waals surface area contributed by atoms with Gasteiger partial charge in [0.2, 0.25) is 5.91 Å². The molecule has 1 saturated carbocycles. The van der Waals surface area contributed by atoms with Gasteiger partial charge in [0.05, 0.1) is 6.04 Å². The molecule has 2 aliphatic heterocycles. The zero-order valence-corrected chi connectivity index (χ0v) is 18.6. The van der Waals surface area contributed by atoms with Crippen molar-refractivity contribution in [3.05, 3.63) is 46.4 Å². The molecule has 1 aliphatic carbocycles. The van der Waals surface area contributed by atoms with E-state index in [-0.39, 0.29) is 24.0 Å². The average molecular weight is 440 g/mol. The summed E-state index contributed by atoms with van der Waals surface area (Å²) in [5.74, 6) is 1.48. The number of aromatic nitrogens is 1. The maximum absolute atomic E-state index is 13.2. The Morgan fingerprint density at radius 1 is 0.968 bits per heavy atom. The Kier molecular flexibility index (Phi) is 5.94. The van der Waals surface area contributed by atoms with E-state index < -0.39 is 0 Å². The Morgan fingerprint density at radius 2 is 1.74 bits per heavy atom. The van der Waals surface area contributed by atoms with Crippen LogP contribution in [0, 0.1) is 5.92 Å². The van der Waals surface area contributed by atoms with Gasteiger partial charge < -0.3 is 14.5 Å². The molecule has 0 N–H and O–H groups in total. The molecule has 3 fully saturated rings. The van der Waals surface area contributed by atoms with Crippen LogP contribution in [0.5, 0.6) is 5.75 Å². The summed E-state index contributed by atoms with van der Waals surface area (Å²) >= 11 is 1.62. The van der Waals surface area contributed by atoms with Gasteiger partial charge in [-0.05, 0) is 56.4 Å². The molecule has 2 aromatic rings. The first-order valence-corrected chi connectivity index (χ1v) is 12.3. The van der Waals surface area contributed by atoms with Crippen LogP contribution in [0.4, 0.5) is 0 Å². The molecule has 31 heavy (non-hydrogen) atoms. The molecule has 5 rings (SSSR count). The molecule has 3 aliphatic rings. The maximum atomic E-state index is 13.2. The maximum Gasteiger partial charge on any atom is 0.254 e. The number of hydrogen-bond donors (Lipinski definition) is 0. The van der Waals surface area contributed by atoms with Crippen molar-refractivity contribution in [1.82, 2.24) is 14.8 Å². The Morgan fingerprint density at radius 3 is 2.42 bits per heavy atom. The first-order chi connectivity index (χ1) is 15.2. The van der Waals surface area contributed by atoms with Crippen molar-refractivity contribution < 1.29 is 14.3 Å². The molecule has 0 spiro atoms. The van der Waals surface area contributed by atoms with Crippen LogP contribution in [0.2, 0.25) is 0 Å². The second-order valence-electron chi connectivity index (χ2n) is 8.82. The van der Waals surface area contributed by atoms with Crippen molar-refractivity contribution in [2.45, 2.75) is 57.1 Å². The molecule has 164 valence electrons. The summed E-state index contributed by atoms with van der Waals surface area (Å²) in [6.45, 7) is 2.34. The Balaban J connectivity index is 1.18. The zero-order chi connectivity index (χ0) is 21.2. The summed E-state index contributed by atoms with van der Waals surface area (Å²) in [4.78, 5) is 33.8. The van der Waals surface area contributed by atoms with Crippen LogP contribution in [-0.2, 0) is 4.79 Å². The van der Waals surface area contributed by atoms with E-state index in [9.17, 15) is 9.59 Å². The second kappa shape index (κ2) is 8.99. The van der Waals surface area contributed by atoms with Crippen molar-refractivity contribution >= 4 is 23.2 Å². The highest BCUT2D eigenvalue weighted by atomic mass is 32.1. The third-order valence-corrected chi connectivity index (χ3v) is 7.46. The number of carbonyl (C=O) groups excluding carboxylic acids is 2. The normalized spacial score (nSPS) is 22.4. The first kappa shape index (κ1) is 20.5. The van der Waals surface area contributed by atoms with Gasteiger partial charge in [0.15, 0.2) is 0 Å². The van der Waals surface area contributed by atoms with E-state index in [1.807, 2.05) is 45.6 Å². The minimum absolute atomic E-state index is 0.0679. The lowest BCUT2D eigenvalue weighted by atomic mass is 10.0. The molecular formula is C24H29N3O3S. The van der Waals surface area contributed by atoms with Gasteiger partial charge in [0, 0.05) is 55.5 Å². The van der Waals surface area contributed by atoms with E-state index in [4.69, 9.17) is 4.74 Å². The highest BCUT2D eigenvalue weighted by molar-refractivity contribution is 7.09. The van der Waals surface area contributed by atoms with Crippen molar-refractivity contribution in [2.24, 2.45) is 5.92 Å². The molecule has 2 amide bonds. The van der Waals surface area contributed by atoms with Gasteiger partial charge in [-0.2, -0.15) is 0 Å². The summed E-state index contributed by atoms with van der Waals surface area (Å²) in [6.07, 6.45) is 8.93. The molecular weight excluding hydrogens is 410 g/mol. The molecule has 1 aromatic carbocycles. The Hall–Kier alpha value is -2.41. The highest BCUT2D eigenvalue weighted by Crippen LogP contribution is 2.34. The number of amides is 2. The number of rotatable bonds is 5. The number of likely N-dealkylation sites (tertiary alicyclic amines) is 2. The minimum Gasteiger partial charge on any atom is -0.490 e. The van der Waals surface area contributed by atoms with Crippen LogP contribution in [0.3, 0.4) is 0 Å². The molecule has 1 atom stereocenters. The van der Waals surface area contributed by atoms with E-state index in [1.54, 1.807) is 11.3 Å². The fraction of sp³-hybridized carbons (Fsp3) is 0.542. The standard InChI is InChI=1S/C24H29N3O3S/c28-23(17-4-5-17)26-14-10-20(11-15-26)30-19-8-6-18(7-9-19)24(29)27-13-2-1-3-21(27)22-25-12-16-31-22/h6-9,12,16-17,20-21H,1-5,10-11,13-15H2. The third-order valence-electron chi connectivity index (χ3n) is 6.58. The number of thiazole rings is 1. The number of ether oxygens (including phenoxy) is 1. The van der Waals surface area contributed by atoms with E-state index >= 15 is 0 Å². The number of hydrogen-bond acceptors (Lipinski definition) is 5. The van der Waals surface area contributed by atoms with Crippen LogP contribution in [0.25, 0.3) is 0 Å². The van der Waals surface area contributed by atoms with Crippen LogP contribution < -0.4 is 4.74 Å². The lowest BCUT2D eigenvalue weighted by Gasteiger charge is -2.34. The molecule has 7 heteroatoms. The monoisotopic (exact) mass is 439 g/mol. The number of nitrogens with zero attached hydrogens (tertiary/aromatic N) is 3. The molecule has 0 radical (unpaired) electrons. The largest absolute Gasteiger partial charge is 0.490 e. The van der Waals surface area contributed by atoms with Gasteiger partial charge in [0.1, 0.15) is 16.9 Å². The quantitative estimate of drug-likeness (QED) is 0.697. The van der Waals surface area contributed by atoms with Gasteiger partial charge in [-0.25, -0.2) is 4.98 Å². The number of piperidine rings is 2. The molecule has 1 aromatic heterocycles. The average Bonchev–Trinajstić information content (AvgIpc) is 3.53. The fourth-order valence-corrected chi connectivity index (χ4v) is 5.43. The summed E-state index contributed by atoms with van der Waals surface area (Å²) < 4.78 is 6.15. The smallest absolute Gasteiger partial charge is 0.254 e. The molecule has 2 saturated heterocycles. The van der Waals surface area contributed by atoms with Crippen molar-refractivity contribution in [3.8, 4) is 5.75 Å². The lowest BCUT2D eigenvalue weighted by Crippen LogP contribution is -2.42. The highest BCUT2D eigenvalue weighted by Gasteiger charge is 2.35. The third kappa shape index (κ3) is 4.61. The predicted molar refractivity (Wildman–Crippen MR) is 119 cm³/mol. The SMILES string of the molecule is O=C(C1CC1)N1CCC(Oc2ccc(C(=O)N3CCCCC3c3nccs3)cc2)CC1. The number of benzene rings is 1. The number of carbonyl (C=O) groups is 2. The van der Waals surface area contributed by atoms with Crippen LogP contribution in [0.1, 0.15) is 66.4 Å². The van der Waals surface area contributed by atoms with E-state index in [0.29, 0.717) is 11.5 Å². The summed E-state index contributed by atoms with van der Waals surface area (Å²) in [5, 5.41) is 3.00.